The molecule has 2 aromatic carbocycles. The molecule has 37 heavy (non-hydrogen) atoms. The Balaban J connectivity index is 1.59. The van der Waals surface area contributed by atoms with Crippen molar-refractivity contribution >= 4 is 29.3 Å². The molecule has 9 heteroatoms. The molecule has 1 aliphatic heterocycles. The lowest BCUT2D eigenvalue weighted by Crippen LogP contribution is -2.45. The average Bonchev–Trinajstić information content (AvgIpc) is 3.28. The first kappa shape index (κ1) is 24.4. The van der Waals surface area contributed by atoms with Gasteiger partial charge in [-0.05, 0) is 59.7 Å². The summed E-state index contributed by atoms with van der Waals surface area (Å²) in [6.45, 7) is 0.106. The maximum Gasteiger partial charge on any atom is 0.336 e. The molecule has 3 heterocycles. The van der Waals surface area contributed by atoms with Crippen molar-refractivity contribution in [2.75, 3.05) is 0 Å². The highest BCUT2D eigenvalue weighted by molar-refractivity contribution is 6.30. The van der Waals surface area contributed by atoms with Crippen LogP contribution in [0.25, 0.3) is 11.3 Å². The fraction of sp³-hybridized carbons (Fsp3) is 0.179. The third kappa shape index (κ3) is 4.88. The maximum absolute atomic E-state index is 13.8. The first-order chi connectivity index (χ1) is 17.8. The van der Waals surface area contributed by atoms with Crippen LogP contribution in [0.2, 0.25) is 5.02 Å². The summed E-state index contributed by atoms with van der Waals surface area (Å²) < 4.78 is 1.59. The van der Waals surface area contributed by atoms with E-state index in [4.69, 9.17) is 11.6 Å². The number of fused-ring (bicyclic) bond motifs is 1. The van der Waals surface area contributed by atoms with Crippen molar-refractivity contribution in [1.29, 1.82) is 0 Å². The van der Waals surface area contributed by atoms with E-state index in [1.54, 1.807) is 71.5 Å². The number of amides is 1. The molecule has 0 radical (unpaired) electrons. The predicted octanol–water partition coefficient (Wildman–Crippen LogP) is 4.21. The number of carbonyl (C=O) groups excluding carboxylic acids is 2. The number of benzene rings is 2. The zero-order chi connectivity index (χ0) is 26.1. The molecule has 1 amide bonds. The molecule has 0 saturated heterocycles. The number of halogens is 1. The van der Waals surface area contributed by atoms with Gasteiger partial charge < -0.3 is 10.0 Å². The summed E-state index contributed by atoms with van der Waals surface area (Å²) in [6.07, 6.45) is 3.58. The number of hydrogen-bond acceptors (Lipinski definition) is 5. The largest absolute Gasteiger partial charge is 0.478 e. The number of carboxylic acids is 1. The molecule has 0 unspecified atom stereocenters. The summed E-state index contributed by atoms with van der Waals surface area (Å²) in [5.41, 5.74) is 3.62. The van der Waals surface area contributed by atoms with Crippen molar-refractivity contribution in [3.8, 4) is 11.3 Å². The lowest BCUT2D eigenvalue weighted by Gasteiger charge is -2.29. The van der Waals surface area contributed by atoms with E-state index in [0.29, 0.717) is 38.7 Å². The lowest BCUT2D eigenvalue weighted by atomic mass is 9.98. The normalized spacial score (nSPS) is 15.4. The number of carboxylic acid groups (broad SMARTS) is 1. The molecule has 186 valence electrons. The molecule has 0 aliphatic carbocycles. The Hall–Kier alpha value is -4.30. The van der Waals surface area contributed by atoms with Crippen LogP contribution in [0.4, 0.5) is 0 Å². The fourth-order valence-electron chi connectivity index (χ4n) is 4.74. The van der Waals surface area contributed by atoms with Crippen molar-refractivity contribution in [3.05, 3.63) is 106 Å². The number of aromatic carboxylic acids is 1. The molecule has 5 rings (SSSR count). The molecular weight excluding hydrogens is 492 g/mol. The predicted molar refractivity (Wildman–Crippen MR) is 137 cm³/mol. The van der Waals surface area contributed by atoms with Crippen LogP contribution in [0.1, 0.15) is 37.5 Å². The second kappa shape index (κ2) is 9.99. The number of aryl methyl sites for hydroxylation is 1. The van der Waals surface area contributed by atoms with E-state index >= 15 is 0 Å². The first-order valence-corrected chi connectivity index (χ1v) is 12.1. The maximum atomic E-state index is 13.8. The monoisotopic (exact) mass is 514 g/mol. The summed E-state index contributed by atoms with van der Waals surface area (Å²) in [5, 5.41) is 14.4. The molecule has 0 saturated carbocycles. The number of pyridine rings is 1. The minimum absolute atomic E-state index is 0.0772. The van der Waals surface area contributed by atoms with Crippen LogP contribution in [0.3, 0.4) is 0 Å². The average molecular weight is 515 g/mol. The molecular formula is C28H23ClN4O4. The molecule has 0 fully saturated rings. The van der Waals surface area contributed by atoms with Crippen LogP contribution in [0.5, 0.6) is 0 Å². The quantitative estimate of drug-likeness (QED) is 0.413. The Bertz CT molecular complexity index is 1520. The van der Waals surface area contributed by atoms with Gasteiger partial charge in [0, 0.05) is 60.7 Å². The molecule has 1 N–H and O–H groups in total. The summed E-state index contributed by atoms with van der Waals surface area (Å²) in [6, 6.07) is 16.3. The van der Waals surface area contributed by atoms with Crippen molar-refractivity contribution in [2.24, 2.45) is 7.05 Å². The van der Waals surface area contributed by atoms with E-state index in [1.165, 1.54) is 6.07 Å². The Morgan fingerprint density at radius 3 is 2.59 bits per heavy atom. The summed E-state index contributed by atoms with van der Waals surface area (Å²) >= 11 is 6.18. The Morgan fingerprint density at radius 1 is 1.05 bits per heavy atom. The van der Waals surface area contributed by atoms with Gasteiger partial charge in [0.1, 0.15) is 0 Å². The van der Waals surface area contributed by atoms with Gasteiger partial charge in [0.05, 0.1) is 17.3 Å². The SMILES string of the molecule is Cn1nccc1-c1cc(CN2C(=O)c3ccc(Cl)cc3CC(=O)[C@H]2Cc2ccccn2)ccc1C(=O)O. The number of rotatable bonds is 6. The first-order valence-electron chi connectivity index (χ1n) is 11.7. The summed E-state index contributed by atoms with van der Waals surface area (Å²) in [7, 11) is 1.73. The van der Waals surface area contributed by atoms with Crippen molar-refractivity contribution < 1.29 is 19.5 Å². The lowest BCUT2D eigenvalue weighted by molar-refractivity contribution is -0.122. The Kier molecular flexibility index (Phi) is 6.58. The number of Topliss-reactive ketones (excluding diaryl/α,β-unsaturated/α-hetero) is 1. The molecule has 8 nitrogen and oxygen atoms in total. The van der Waals surface area contributed by atoms with Gasteiger partial charge in [0.2, 0.25) is 0 Å². The van der Waals surface area contributed by atoms with E-state index in [-0.39, 0.29) is 36.6 Å². The van der Waals surface area contributed by atoms with Crippen LogP contribution in [-0.2, 0) is 31.2 Å². The molecule has 0 bridgehead atoms. The van der Waals surface area contributed by atoms with Crippen LogP contribution in [0.15, 0.2) is 73.1 Å². The van der Waals surface area contributed by atoms with Gasteiger partial charge in [-0.15, -0.1) is 0 Å². The van der Waals surface area contributed by atoms with Crippen LogP contribution < -0.4 is 0 Å². The van der Waals surface area contributed by atoms with Gasteiger partial charge in [-0.25, -0.2) is 4.79 Å². The molecule has 1 atom stereocenters. The molecule has 2 aromatic heterocycles. The van der Waals surface area contributed by atoms with E-state index in [1.807, 2.05) is 12.1 Å². The van der Waals surface area contributed by atoms with Gasteiger partial charge in [0.15, 0.2) is 5.78 Å². The number of carbonyl (C=O) groups is 3. The molecule has 1 aliphatic rings. The smallest absolute Gasteiger partial charge is 0.336 e. The number of nitrogens with zero attached hydrogens (tertiary/aromatic N) is 4. The number of hydrogen-bond donors (Lipinski definition) is 1. The minimum atomic E-state index is -1.07. The van der Waals surface area contributed by atoms with E-state index in [2.05, 4.69) is 10.1 Å². The highest BCUT2D eigenvalue weighted by atomic mass is 35.5. The number of aromatic nitrogens is 3. The van der Waals surface area contributed by atoms with E-state index in [9.17, 15) is 19.5 Å². The highest BCUT2D eigenvalue weighted by Gasteiger charge is 2.36. The molecule has 4 aromatic rings. The Morgan fingerprint density at radius 2 is 1.89 bits per heavy atom. The fourth-order valence-corrected chi connectivity index (χ4v) is 4.93. The topological polar surface area (TPSA) is 105 Å². The van der Waals surface area contributed by atoms with Crippen LogP contribution >= 0.6 is 11.6 Å². The standard InChI is InChI=1S/C28H23ClN4O4/c1-32-24(9-11-31-32)23-12-17(5-7-22(23)28(36)37)16-33-25(15-20-4-2-3-10-30-20)26(34)14-18-13-19(29)6-8-21(18)27(33)35/h2-13,25H,14-16H2,1H3,(H,36,37)/t25-/m1/s1. The third-order valence-electron chi connectivity index (χ3n) is 6.56. The zero-order valence-corrected chi connectivity index (χ0v) is 20.7. The van der Waals surface area contributed by atoms with Crippen LogP contribution in [0, 0.1) is 0 Å². The van der Waals surface area contributed by atoms with E-state index in [0.717, 1.165) is 0 Å². The van der Waals surface area contributed by atoms with Crippen molar-refractivity contribution in [3.63, 3.8) is 0 Å². The molecule has 0 spiro atoms. The Labute approximate surface area is 218 Å². The summed E-state index contributed by atoms with van der Waals surface area (Å²) in [5.74, 6) is -1.47. The number of ketones is 1. The summed E-state index contributed by atoms with van der Waals surface area (Å²) in [4.78, 5) is 45.2. The van der Waals surface area contributed by atoms with Crippen molar-refractivity contribution in [1.82, 2.24) is 19.7 Å². The van der Waals surface area contributed by atoms with Gasteiger partial charge >= 0.3 is 5.97 Å². The van der Waals surface area contributed by atoms with Gasteiger partial charge in [-0.3, -0.25) is 19.3 Å². The van der Waals surface area contributed by atoms with Gasteiger partial charge in [0.25, 0.3) is 5.91 Å². The zero-order valence-electron chi connectivity index (χ0n) is 20.0. The van der Waals surface area contributed by atoms with E-state index < -0.39 is 12.0 Å². The third-order valence-corrected chi connectivity index (χ3v) is 6.80. The second-order valence-electron chi connectivity index (χ2n) is 8.94. The minimum Gasteiger partial charge on any atom is -0.478 e. The van der Waals surface area contributed by atoms with Crippen molar-refractivity contribution in [2.45, 2.75) is 25.4 Å². The van der Waals surface area contributed by atoms with Gasteiger partial charge in [-0.1, -0.05) is 23.7 Å². The second-order valence-corrected chi connectivity index (χ2v) is 9.38. The van der Waals surface area contributed by atoms with Gasteiger partial charge in [-0.2, -0.15) is 5.10 Å². The van der Waals surface area contributed by atoms with Crippen LogP contribution in [-0.4, -0.2) is 48.5 Å². The highest BCUT2D eigenvalue weighted by Crippen LogP contribution is 2.29.